The predicted molar refractivity (Wildman–Crippen MR) is 193 cm³/mol. The van der Waals surface area contributed by atoms with Crippen molar-refractivity contribution in [2.75, 3.05) is 32.1 Å². The average Bonchev–Trinajstić information content (AvgIpc) is 3.68. The molecule has 3 aromatic carbocycles. The number of ether oxygens (including phenoxy) is 2. The van der Waals surface area contributed by atoms with Gasteiger partial charge in [-0.05, 0) is 86.4 Å². The summed E-state index contributed by atoms with van der Waals surface area (Å²) in [4.78, 5) is 31.9. The highest BCUT2D eigenvalue weighted by Crippen LogP contribution is 2.55. The third kappa shape index (κ3) is 6.32. The average molecular weight is 658 g/mol. The fourth-order valence-electron chi connectivity index (χ4n) is 7.96. The van der Waals surface area contributed by atoms with E-state index < -0.39 is 11.7 Å². The topological polar surface area (TPSA) is 71.1 Å². The number of likely N-dealkylation sites (tertiary alicyclic amines) is 1. The summed E-state index contributed by atoms with van der Waals surface area (Å²) in [6.45, 7) is 5.42. The molecule has 254 valence electrons. The number of piperidine rings is 1. The number of aryl methyl sites for hydroxylation is 1. The van der Waals surface area contributed by atoms with Gasteiger partial charge in [-0.3, -0.25) is 9.59 Å². The summed E-state index contributed by atoms with van der Waals surface area (Å²) < 4.78 is 13.3. The molecule has 7 nitrogen and oxygen atoms in total. The summed E-state index contributed by atoms with van der Waals surface area (Å²) in [6, 6.07) is 28.4. The van der Waals surface area contributed by atoms with Crippen LogP contribution in [0.4, 0.5) is 5.69 Å². The summed E-state index contributed by atoms with van der Waals surface area (Å²) >= 11 is 0. The van der Waals surface area contributed by atoms with Crippen molar-refractivity contribution in [3.8, 4) is 0 Å². The molecule has 2 amide bonds. The number of anilines is 1. The van der Waals surface area contributed by atoms with Crippen LogP contribution in [0, 0.1) is 12.8 Å². The maximum absolute atomic E-state index is 14.5. The number of rotatable bonds is 11. The highest BCUT2D eigenvalue weighted by Gasteiger charge is 2.58. The Kier molecular flexibility index (Phi) is 9.21. The number of hydrogen-bond acceptors (Lipinski definition) is 5. The molecule has 0 radical (unpaired) electrons. The van der Waals surface area contributed by atoms with E-state index in [4.69, 9.17) is 9.47 Å². The molecule has 0 spiro atoms. The Hall–Kier alpha value is -4.62. The van der Waals surface area contributed by atoms with Crippen molar-refractivity contribution < 1.29 is 19.1 Å². The van der Waals surface area contributed by atoms with Gasteiger partial charge in [-0.25, -0.2) is 0 Å². The number of hydrogen-bond donors (Lipinski definition) is 1. The number of para-hydroxylation sites is 1. The molecule has 0 aromatic heterocycles. The van der Waals surface area contributed by atoms with E-state index in [1.807, 2.05) is 48.2 Å². The van der Waals surface area contributed by atoms with E-state index in [1.165, 1.54) is 11.1 Å². The van der Waals surface area contributed by atoms with E-state index in [2.05, 4.69) is 84.9 Å². The lowest BCUT2D eigenvalue weighted by atomic mass is 9.77. The lowest BCUT2D eigenvalue weighted by Crippen LogP contribution is -2.53. The first-order chi connectivity index (χ1) is 23.8. The molecule has 4 atom stereocenters. The van der Waals surface area contributed by atoms with E-state index in [0.29, 0.717) is 49.4 Å². The van der Waals surface area contributed by atoms with E-state index in [1.54, 1.807) is 7.11 Å². The largest absolute Gasteiger partial charge is 0.496 e. The molecule has 3 heterocycles. The molecule has 4 aliphatic rings. The number of carbonyl (C=O) groups excluding carboxylic acids is 2. The van der Waals surface area contributed by atoms with Gasteiger partial charge in [-0.1, -0.05) is 79.2 Å². The van der Waals surface area contributed by atoms with Gasteiger partial charge in [0, 0.05) is 43.0 Å². The van der Waals surface area contributed by atoms with Gasteiger partial charge in [0.15, 0.2) is 0 Å². The summed E-state index contributed by atoms with van der Waals surface area (Å²) in [5.41, 5.74) is 5.97. The van der Waals surface area contributed by atoms with Crippen LogP contribution in [0.25, 0.3) is 0 Å². The molecule has 1 aliphatic carbocycles. The molecule has 7 heteroatoms. The molecule has 3 aromatic rings. The number of fused-ring (bicyclic) bond motifs is 2. The SMILES string of the molecule is CC[C@H]1C/C1=C(\OC)C1=C(C(=O)NC2CCN(C(=O)c3ccc(C)cc3)CC2)C2C=CC1(C(Cc1ccccc1)N(C)c1ccccc1)O2. The summed E-state index contributed by atoms with van der Waals surface area (Å²) in [5, 5.41) is 3.37. The normalized spacial score (nSPS) is 24.5. The number of likely N-dealkylation sites (N-methyl/N-ethyl adjacent to an activating group) is 1. The second-order valence-corrected chi connectivity index (χ2v) is 13.9. The van der Waals surface area contributed by atoms with Crippen molar-refractivity contribution in [2.24, 2.45) is 5.92 Å². The fraction of sp³-hybridized carbons (Fsp3) is 0.381. The molecule has 49 heavy (non-hydrogen) atoms. The van der Waals surface area contributed by atoms with Crippen molar-refractivity contribution >= 4 is 17.5 Å². The summed E-state index contributed by atoms with van der Waals surface area (Å²) in [6.07, 6.45) is 7.85. The maximum Gasteiger partial charge on any atom is 0.253 e. The highest BCUT2D eigenvalue weighted by molar-refractivity contribution is 5.99. The Labute approximate surface area is 290 Å². The minimum Gasteiger partial charge on any atom is -0.496 e. The van der Waals surface area contributed by atoms with Crippen molar-refractivity contribution in [1.29, 1.82) is 0 Å². The van der Waals surface area contributed by atoms with Crippen molar-refractivity contribution in [1.82, 2.24) is 10.2 Å². The molecule has 3 unspecified atom stereocenters. The molecule has 1 N–H and O–H groups in total. The predicted octanol–water partition coefficient (Wildman–Crippen LogP) is 6.80. The Morgan fingerprint density at radius 1 is 1.00 bits per heavy atom. The van der Waals surface area contributed by atoms with E-state index in [9.17, 15) is 9.59 Å². The van der Waals surface area contributed by atoms with Crippen LogP contribution in [0.1, 0.15) is 54.1 Å². The van der Waals surface area contributed by atoms with Crippen LogP contribution in [-0.4, -0.2) is 67.7 Å². The number of nitrogens with zero attached hydrogens (tertiary/aromatic N) is 2. The third-order valence-corrected chi connectivity index (χ3v) is 10.9. The van der Waals surface area contributed by atoms with Gasteiger partial charge >= 0.3 is 0 Å². The van der Waals surface area contributed by atoms with Crippen LogP contribution in [0.15, 0.2) is 120 Å². The maximum atomic E-state index is 14.5. The number of benzene rings is 3. The molecule has 2 bridgehead atoms. The molecule has 1 saturated heterocycles. The summed E-state index contributed by atoms with van der Waals surface area (Å²) in [5.74, 6) is 1.18. The molecule has 1 saturated carbocycles. The van der Waals surface area contributed by atoms with Gasteiger partial charge in [0.25, 0.3) is 11.8 Å². The zero-order valence-corrected chi connectivity index (χ0v) is 29.0. The Balaban J connectivity index is 1.21. The lowest BCUT2D eigenvalue weighted by molar-refractivity contribution is -0.119. The van der Waals surface area contributed by atoms with Gasteiger partial charge in [0.05, 0.1) is 18.7 Å². The van der Waals surface area contributed by atoms with Crippen LogP contribution in [0.2, 0.25) is 0 Å². The van der Waals surface area contributed by atoms with Crippen LogP contribution in [0.3, 0.4) is 0 Å². The molecule has 2 fully saturated rings. The quantitative estimate of drug-likeness (QED) is 0.182. The Morgan fingerprint density at radius 2 is 1.67 bits per heavy atom. The van der Waals surface area contributed by atoms with E-state index in [0.717, 1.165) is 35.4 Å². The smallest absolute Gasteiger partial charge is 0.253 e. The second-order valence-electron chi connectivity index (χ2n) is 13.9. The monoisotopic (exact) mass is 657 g/mol. The van der Waals surface area contributed by atoms with Crippen LogP contribution < -0.4 is 10.2 Å². The van der Waals surface area contributed by atoms with Crippen molar-refractivity contribution in [2.45, 2.75) is 69.7 Å². The molecule has 7 rings (SSSR count). The zero-order chi connectivity index (χ0) is 34.1. The van der Waals surface area contributed by atoms with Gasteiger partial charge in [-0.15, -0.1) is 0 Å². The van der Waals surface area contributed by atoms with Crippen molar-refractivity contribution in [3.05, 3.63) is 136 Å². The van der Waals surface area contributed by atoms with E-state index >= 15 is 0 Å². The molecular weight excluding hydrogens is 610 g/mol. The first kappa shape index (κ1) is 32.9. The first-order valence-electron chi connectivity index (χ1n) is 17.7. The minimum absolute atomic E-state index is 0.0432. The number of nitrogens with one attached hydrogen (secondary N) is 1. The van der Waals surface area contributed by atoms with Gasteiger partial charge in [0.1, 0.15) is 17.5 Å². The zero-order valence-electron chi connectivity index (χ0n) is 29.0. The lowest BCUT2D eigenvalue weighted by Gasteiger charge is -2.42. The highest BCUT2D eigenvalue weighted by atomic mass is 16.5. The van der Waals surface area contributed by atoms with E-state index in [-0.39, 0.29) is 23.9 Å². The number of allylic oxidation sites excluding steroid dienone is 1. The van der Waals surface area contributed by atoms with Gasteiger partial charge in [-0.2, -0.15) is 0 Å². The number of carbonyl (C=O) groups is 2. The standard InChI is InChI=1S/C42H47N3O4/c1-5-30-27-34(30)39(48-4)38-37(40(46)43-32-21-24-45(25-22-32)41(47)31-18-16-28(2)17-19-31)35-20-23-42(38,49-35)36(26-29-12-8-6-9-13-29)44(3)33-14-10-7-11-15-33/h6-20,23,30,32,35-36H,5,21-22,24-27H2,1-4H3,(H,43,46)/b39-34+/t30-,35?,36?,42?/m0/s1. The minimum atomic E-state index is -0.902. The second kappa shape index (κ2) is 13.7. The van der Waals surface area contributed by atoms with Crippen LogP contribution in [-0.2, 0) is 20.7 Å². The van der Waals surface area contributed by atoms with Gasteiger partial charge < -0.3 is 24.6 Å². The number of amides is 2. The first-order valence-corrected chi connectivity index (χ1v) is 17.7. The van der Waals surface area contributed by atoms with Crippen molar-refractivity contribution in [3.63, 3.8) is 0 Å². The van der Waals surface area contributed by atoms with Crippen LogP contribution >= 0.6 is 0 Å². The molecular formula is C42H47N3O4. The third-order valence-electron chi connectivity index (χ3n) is 10.9. The molecule has 3 aliphatic heterocycles. The van der Waals surface area contributed by atoms with Crippen LogP contribution in [0.5, 0.6) is 0 Å². The Bertz CT molecular complexity index is 1770. The summed E-state index contributed by atoms with van der Waals surface area (Å²) in [7, 11) is 3.85. The fourth-order valence-corrected chi connectivity index (χ4v) is 7.96. The number of methoxy groups -OCH3 is 1. The van der Waals surface area contributed by atoms with Gasteiger partial charge in [0.2, 0.25) is 0 Å². The Morgan fingerprint density at radius 3 is 2.31 bits per heavy atom.